The number of anilines is 1. The number of urea groups is 1. The van der Waals surface area contributed by atoms with E-state index in [0.717, 1.165) is 12.8 Å². The van der Waals surface area contributed by atoms with Gasteiger partial charge in [0.15, 0.2) is 0 Å². The first-order valence-electron chi connectivity index (χ1n) is 9.04. The van der Waals surface area contributed by atoms with Crippen molar-refractivity contribution >= 4 is 17.6 Å². The number of amides is 3. The van der Waals surface area contributed by atoms with E-state index in [0.29, 0.717) is 36.4 Å². The predicted molar refractivity (Wildman–Crippen MR) is 94.8 cm³/mol. The smallest absolute Gasteiger partial charge is 0.332 e. The van der Waals surface area contributed by atoms with Gasteiger partial charge in [-0.2, -0.15) is 0 Å². The van der Waals surface area contributed by atoms with Crippen LogP contribution < -0.4 is 15.0 Å². The van der Waals surface area contributed by atoms with Crippen LogP contribution in [0.15, 0.2) is 24.3 Å². The molecular formula is C19H25N3O3. The molecule has 3 amide bonds. The highest BCUT2D eigenvalue weighted by Crippen LogP contribution is 2.45. The van der Waals surface area contributed by atoms with Crippen LogP contribution >= 0.6 is 0 Å². The number of hydrogen-bond acceptors (Lipinski definition) is 4. The van der Waals surface area contributed by atoms with Crippen LogP contribution in [0.25, 0.3) is 0 Å². The number of rotatable bonds is 3. The second-order valence-electron chi connectivity index (χ2n) is 7.66. The molecule has 0 aliphatic carbocycles. The van der Waals surface area contributed by atoms with Crippen LogP contribution in [-0.4, -0.2) is 47.6 Å². The lowest BCUT2D eigenvalue weighted by molar-refractivity contribution is -0.127. The number of fused-ring (bicyclic) bond motifs is 2. The van der Waals surface area contributed by atoms with E-state index in [2.05, 4.69) is 5.32 Å². The number of methoxy groups -OCH3 is 1. The van der Waals surface area contributed by atoms with E-state index in [1.807, 2.05) is 18.7 Å². The first-order chi connectivity index (χ1) is 12.0. The summed E-state index contributed by atoms with van der Waals surface area (Å²) in [6.07, 6.45) is 3.59. The Labute approximate surface area is 148 Å². The van der Waals surface area contributed by atoms with Gasteiger partial charge in [-0.3, -0.25) is 4.79 Å². The Morgan fingerprint density at radius 2 is 1.72 bits per heavy atom. The van der Waals surface area contributed by atoms with Crippen LogP contribution in [0.2, 0.25) is 0 Å². The molecule has 2 bridgehead atoms. The molecule has 6 nitrogen and oxygen atoms in total. The summed E-state index contributed by atoms with van der Waals surface area (Å²) in [5.41, 5.74) is -0.0911. The third-order valence-corrected chi connectivity index (χ3v) is 5.81. The Hall–Kier alpha value is -2.08. The van der Waals surface area contributed by atoms with E-state index in [-0.39, 0.29) is 18.0 Å². The van der Waals surface area contributed by atoms with Gasteiger partial charge in [-0.1, -0.05) is 0 Å². The van der Waals surface area contributed by atoms with Crippen molar-refractivity contribution in [3.8, 4) is 5.75 Å². The molecule has 2 atom stereocenters. The summed E-state index contributed by atoms with van der Waals surface area (Å²) in [5.74, 6) is 0.632. The summed E-state index contributed by atoms with van der Waals surface area (Å²) in [5, 5.41) is 3.58. The molecule has 4 rings (SSSR count). The number of nitrogens with one attached hydrogen (secondary N) is 1. The topological polar surface area (TPSA) is 61.9 Å². The first kappa shape index (κ1) is 16.4. The zero-order valence-electron chi connectivity index (χ0n) is 15.0. The molecule has 134 valence electrons. The van der Waals surface area contributed by atoms with Gasteiger partial charge in [0.2, 0.25) is 0 Å². The lowest BCUT2D eigenvalue weighted by Crippen LogP contribution is -2.60. The summed E-state index contributed by atoms with van der Waals surface area (Å²) < 4.78 is 5.18. The molecule has 6 heteroatoms. The maximum atomic E-state index is 13.5. The van der Waals surface area contributed by atoms with Crippen molar-refractivity contribution in [1.29, 1.82) is 0 Å². The SMILES string of the molecule is COc1ccc(N2C(=O)N(C(C)C)C3(CC4CCC(C3)N4)C2=O)cc1. The van der Waals surface area contributed by atoms with Crippen molar-refractivity contribution in [3.63, 3.8) is 0 Å². The lowest BCUT2D eigenvalue weighted by Gasteiger charge is -2.43. The van der Waals surface area contributed by atoms with E-state index < -0.39 is 5.54 Å². The molecule has 0 aromatic heterocycles. The van der Waals surface area contributed by atoms with Crippen LogP contribution in [0, 0.1) is 0 Å². The van der Waals surface area contributed by atoms with Gasteiger partial charge in [-0.15, -0.1) is 0 Å². The Kier molecular flexibility index (Phi) is 3.76. The third kappa shape index (κ3) is 2.34. The number of carbonyl (C=O) groups is 2. The number of nitrogens with zero attached hydrogens (tertiary/aromatic N) is 2. The Balaban J connectivity index is 1.75. The van der Waals surface area contributed by atoms with Crippen molar-refractivity contribution in [2.75, 3.05) is 12.0 Å². The molecule has 25 heavy (non-hydrogen) atoms. The van der Waals surface area contributed by atoms with Gasteiger partial charge in [-0.05, 0) is 63.8 Å². The van der Waals surface area contributed by atoms with E-state index >= 15 is 0 Å². The zero-order chi connectivity index (χ0) is 17.8. The molecule has 1 aromatic rings. The Morgan fingerprint density at radius 1 is 1.12 bits per heavy atom. The van der Waals surface area contributed by atoms with Crippen molar-refractivity contribution in [2.24, 2.45) is 0 Å². The summed E-state index contributed by atoms with van der Waals surface area (Å²) in [6, 6.07) is 7.56. The van der Waals surface area contributed by atoms with Crippen molar-refractivity contribution < 1.29 is 14.3 Å². The number of ether oxygens (including phenoxy) is 1. The fourth-order valence-electron chi connectivity index (χ4n) is 4.86. The summed E-state index contributed by atoms with van der Waals surface area (Å²) in [4.78, 5) is 29.9. The zero-order valence-corrected chi connectivity index (χ0v) is 15.0. The third-order valence-electron chi connectivity index (χ3n) is 5.81. The Morgan fingerprint density at radius 3 is 2.24 bits per heavy atom. The quantitative estimate of drug-likeness (QED) is 0.857. The summed E-state index contributed by atoms with van der Waals surface area (Å²) in [7, 11) is 1.60. The fourth-order valence-corrected chi connectivity index (χ4v) is 4.86. The fraction of sp³-hybridized carbons (Fsp3) is 0.579. The molecule has 3 saturated heterocycles. The van der Waals surface area contributed by atoms with Gasteiger partial charge < -0.3 is 15.0 Å². The first-order valence-corrected chi connectivity index (χ1v) is 9.04. The summed E-state index contributed by atoms with van der Waals surface area (Å²) >= 11 is 0. The highest BCUT2D eigenvalue weighted by Gasteiger charge is 2.62. The molecular weight excluding hydrogens is 318 g/mol. The van der Waals surface area contributed by atoms with Crippen LogP contribution in [0.3, 0.4) is 0 Å². The van der Waals surface area contributed by atoms with Crippen LogP contribution in [-0.2, 0) is 4.79 Å². The maximum absolute atomic E-state index is 13.5. The molecule has 3 fully saturated rings. The minimum atomic E-state index is -0.706. The number of imide groups is 1. The van der Waals surface area contributed by atoms with Gasteiger partial charge >= 0.3 is 6.03 Å². The summed E-state index contributed by atoms with van der Waals surface area (Å²) in [6.45, 7) is 3.99. The minimum Gasteiger partial charge on any atom is -0.497 e. The highest BCUT2D eigenvalue weighted by atomic mass is 16.5. The standard InChI is InChI=1S/C19H25N3O3/c1-12(2)22-18(24)21(15-6-8-16(25-3)9-7-15)17(23)19(22)10-13-4-5-14(11-19)20-13/h6-9,12-14,20H,4-5,10-11H2,1-3H3. The van der Waals surface area contributed by atoms with Crippen molar-refractivity contribution in [2.45, 2.75) is 63.2 Å². The van der Waals surface area contributed by atoms with Crippen LogP contribution in [0.5, 0.6) is 5.75 Å². The molecule has 0 saturated carbocycles. The van der Waals surface area contributed by atoms with E-state index in [9.17, 15) is 9.59 Å². The lowest BCUT2D eigenvalue weighted by atomic mass is 9.82. The van der Waals surface area contributed by atoms with Crippen molar-refractivity contribution in [1.82, 2.24) is 10.2 Å². The van der Waals surface area contributed by atoms with Gasteiger partial charge in [0.25, 0.3) is 5.91 Å². The molecule has 1 aromatic carbocycles. The molecule has 1 N–H and O–H groups in total. The van der Waals surface area contributed by atoms with E-state index in [1.165, 1.54) is 4.90 Å². The minimum absolute atomic E-state index is 0.0165. The average Bonchev–Trinajstić information content (AvgIpc) is 3.03. The largest absolute Gasteiger partial charge is 0.497 e. The van der Waals surface area contributed by atoms with E-state index in [1.54, 1.807) is 31.4 Å². The number of carbonyl (C=O) groups excluding carboxylic acids is 2. The normalized spacial score (nSPS) is 31.5. The molecule has 3 aliphatic heterocycles. The van der Waals surface area contributed by atoms with Gasteiger partial charge in [0.05, 0.1) is 12.8 Å². The second-order valence-corrected chi connectivity index (χ2v) is 7.66. The second kappa shape index (κ2) is 5.73. The van der Waals surface area contributed by atoms with Gasteiger partial charge in [0, 0.05) is 18.1 Å². The average molecular weight is 343 g/mol. The monoisotopic (exact) mass is 343 g/mol. The molecule has 2 unspecified atom stereocenters. The highest BCUT2D eigenvalue weighted by molar-refractivity contribution is 6.23. The van der Waals surface area contributed by atoms with E-state index in [4.69, 9.17) is 4.74 Å². The predicted octanol–water partition coefficient (Wildman–Crippen LogP) is 2.53. The van der Waals surface area contributed by atoms with Gasteiger partial charge in [-0.25, -0.2) is 9.69 Å². The Bertz CT molecular complexity index is 688. The number of benzene rings is 1. The molecule has 3 heterocycles. The van der Waals surface area contributed by atoms with Gasteiger partial charge in [0.1, 0.15) is 11.3 Å². The van der Waals surface area contributed by atoms with Crippen LogP contribution in [0.1, 0.15) is 39.5 Å². The van der Waals surface area contributed by atoms with Crippen LogP contribution in [0.4, 0.5) is 10.5 Å². The molecule has 3 aliphatic rings. The number of piperidine rings is 1. The number of hydrogen-bond donors (Lipinski definition) is 1. The van der Waals surface area contributed by atoms with Crippen molar-refractivity contribution in [3.05, 3.63) is 24.3 Å². The molecule has 1 spiro atoms. The molecule has 0 radical (unpaired) electrons. The maximum Gasteiger partial charge on any atom is 0.332 e.